The first kappa shape index (κ1) is 11.5. The van der Waals surface area contributed by atoms with Crippen molar-refractivity contribution in [1.82, 2.24) is 9.88 Å². The monoisotopic (exact) mass is 236 g/mol. The van der Waals surface area contributed by atoms with Gasteiger partial charge in [0.15, 0.2) is 6.04 Å². The first-order valence-electron chi connectivity index (χ1n) is 5.21. The average Bonchev–Trinajstić information content (AvgIpc) is 2.39. The lowest BCUT2D eigenvalue weighted by Crippen LogP contribution is -2.52. The van der Waals surface area contributed by atoms with E-state index in [4.69, 9.17) is 9.84 Å². The Labute approximate surface area is 97.8 Å². The summed E-state index contributed by atoms with van der Waals surface area (Å²) >= 11 is 0. The average molecular weight is 236 g/mol. The Bertz CT molecular complexity index is 421. The summed E-state index contributed by atoms with van der Waals surface area (Å²) in [5, 5.41) is 9.02. The summed E-state index contributed by atoms with van der Waals surface area (Å²) in [5.74, 6) is -1.35. The summed E-state index contributed by atoms with van der Waals surface area (Å²) in [6.45, 7) is 0.685. The standard InChI is InChI=1S/C11H12N2O4/c14-10(8-1-3-12-4-2-8)13-5-6-17-7-9(13)11(15)16/h1-4,9H,5-7H2,(H,15,16). The van der Waals surface area contributed by atoms with E-state index in [1.54, 1.807) is 12.1 Å². The molecule has 0 bridgehead atoms. The minimum Gasteiger partial charge on any atom is -0.480 e. The highest BCUT2D eigenvalue weighted by molar-refractivity contribution is 5.96. The van der Waals surface area contributed by atoms with Crippen molar-refractivity contribution in [2.45, 2.75) is 6.04 Å². The van der Waals surface area contributed by atoms with E-state index in [0.29, 0.717) is 12.2 Å². The minimum absolute atomic E-state index is 0.0339. The van der Waals surface area contributed by atoms with Gasteiger partial charge < -0.3 is 14.7 Å². The molecule has 0 aromatic carbocycles. The fraction of sp³-hybridized carbons (Fsp3) is 0.364. The van der Waals surface area contributed by atoms with Crippen LogP contribution in [0.1, 0.15) is 10.4 Å². The molecule has 1 aromatic rings. The topological polar surface area (TPSA) is 79.7 Å². The van der Waals surface area contributed by atoms with Gasteiger partial charge in [0.05, 0.1) is 13.2 Å². The number of carboxylic acids is 1. The van der Waals surface area contributed by atoms with Crippen LogP contribution in [-0.4, -0.2) is 52.7 Å². The first-order valence-corrected chi connectivity index (χ1v) is 5.21. The number of carbonyl (C=O) groups excluding carboxylic acids is 1. The van der Waals surface area contributed by atoms with Crippen LogP contribution in [0.4, 0.5) is 0 Å². The third-order valence-corrected chi connectivity index (χ3v) is 2.60. The van der Waals surface area contributed by atoms with E-state index in [0.717, 1.165) is 0 Å². The fourth-order valence-electron chi connectivity index (χ4n) is 1.71. The van der Waals surface area contributed by atoms with E-state index in [-0.39, 0.29) is 19.1 Å². The number of aromatic nitrogens is 1. The maximum atomic E-state index is 12.1. The predicted octanol–water partition coefficient (Wildman–Crippen LogP) is 0.00720. The lowest BCUT2D eigenvalue weighted by atomic mass is 10.1. The van der Waals surface area contributed by atoms with Crippen molar-refractivity contribution in [1.29, 1.82) is 0 Å². The first-order chi connectivity index (χ1) is 8.20. The second-order valence-corrected chi connectivity index (χ2v) is 3.66. The highest BCUT2D eigenvalue weighted by atomic mass is 16.5. The molecule has 6 heteroatoms. The molecule has 1 unspecified atom stereocenters. The molecule has 1 saturated heterocycles. The van der Waals surface area contributed by atoms with Gasteiger partial charge in [-0.05, 0) is 12.1 Å². The van der Waals surface area contributed by atoms with E-state index in [1.165, 1.54) is 17.3 Å². The molecule has 1 aliphatic rings. The lowest BCUT2D eigenvalue weighted by molar-refractivity contribution is -0.147. The number of pyridine rings is 1. The van der Waals surface area contributed by atoms with Gasteiger partial charge in [0, 0.05) is 24.5 Å². The molecular weight excluding hydrogens is 224 g/mol. The summed E-state index contributed by atoms with van der Waals surface area (Å²) < 4.78 is 5.07. The van der Waals surface area contributed by atoms with Crippen molar-refractivity contribution in [2.75, 3.05) is 19.8 Å². The molecule has 6 nitrogen and oxygen atoms in total. The van der Waals surface area contributed by atoms with Crippen molar-refractivity contribution >= 4 is 11.9 Å². The molecule has 2 heterocycles. The third kappa shape index (κ3) is 2.42. The Balaban J connectivity index is 2.20. The molecule has 1 N–H and O–H groups in total. The number of amides is 1. The van der Waals surface area contributed by atoms with Crippen LogP contribution >= 0.6 is 0 Å². The normalized spacial score (nSPS) is 20.0. The molecule has 1 amide bonds. The third-order valence-electron chi connectivity index (χ3n) is 2.60. The van der Waals surface area contributed by atoms with Gasteiger partial charge in [0.25, 0.3) is 5.91 Å². The quantitative estimate of drug-likeness (QED) is 0.782. The summed E-state index contributed by atoms with van der Waals surface area (Å²) in [6.07, 6.45) is 3.01. The van der Waals surface area contributed by atoms with E-state index < -0.39 is 12.0 Å². The Kier molecular flexibility index (Phi) is 3.34. The van der Waals surface area contributed by atoms with Gasteiger partial charge >= 0.3 is 5.97 Å². The number of nitrogens with zero attached hydrogens (tertiary/aromatic N) is 2. The zero-order valence-electron chi connectivity index (χ0n) is 9.07. The summed E-state index contributed by atoms with van der Waals surface area (Å²) in [4.78, 5) is 28.2. The van der Waals surface area contributed by atoms with Crippen LogP contribution in [0.3, 0.4) is 0 Å². The van der Waals surface area contributed by atoms with Gasteiger partial charge in [0.1, 0.15) is 0 Å². The zero-order valence-corrected chi connectivity index (χ0v) is 9.07. The predicted molar refractivity (Wildman–Crippen MR) is 57.5 cm³/mol. The van der Waals surface area contributed by atoms with Crippen LogP contribution in [-0.2, 0) is 9.53 Å². The number of hydrogen-bond donors (Lipinski definition) is 1. The van der Waals surface area contributed by atoms with E-state index in [1.807, 2.05) is 0 Å². The number of aliphatic carboxylic acids is 1. The molecule has 0 radical (unpaired) electrons. The molecule has 17 heavy (non-hydrogen) atoms. The number of carboxylic acid groups (broad SMARTS) is 1. The van der Waals surface area contributed by atoms with Crippen LogP contribution in [0.2, 0.25) is 0 Å². The van der Waals surface area contributed by atoms with Crippen LogP contribution in [0.5, 0.6) is 0 Å². The fourth-order valence-corrected chi connectivity index (χ4v) is 1.71. The molecular formula is C11H12N2O4. The van der Waals surface area contributed by atoms with E-state index in [2.05, 4.69) is 4.98 Å². The van der Waals surface area contributed by atoms with Gasteiger partial charge in [-0.2, -0.15) is 0 Å². The highest BCUT2D eigenvalue weighted by Gasteiger charge is 2.33. The van der Waals surface area contributed by atoms with Crippen molar-refractivity contribution in [3.63, 3.8) is 0 Å². The molecule has 1 atom stereocenters. The van der Waals surface area contributed by atoms with Crippen LogP contribution in [0.25, 0.3) is 0 Å². The lowest BCUT2D eigenvalue weighted by Gasteiger charge is -2.32. The van der Waals surface area contributed by atoms with Gasteiger partial charge in [-0.1, -0.05) is 0 Å². The molecule has 0 saturated carbocycles. The van der Waals surface area contributed by atoms with Crippen LogP contribution in [0.15, 0.2) is 24.5 Å². The Morgan fingerprint density at radius 3 is 2.76 bits per heavy atom. The SMILES string of the molecule is O=C(O)C1COCCN1C(=O)c1ccncc1. The van der Waals surface area contributed by atoms with E-state index in [9.17, 15) is 9.59 Å². The molecule has 0 spiro atoms. The second-order valence-electron chi connectivity index (χ2n) is 3.66. The van der Waals surface area contributed by atoms with Crippen molar-refractivity contribution in [3.8, 4) is 0 Å². The maximum absolute atomic E-state index is 12.1. The molecule has 1 fully saturated rings. The maximum Gasteiger partial charge on any atom is 0.328 e. The largest absolute Gasteiger partial charge is 0.480 e. The van der Waals surface area contributed by atoms with Gasteiger partial charge in [-0.25, -0.2) is 4.79 Å². The molecule has 1 aliphatic heterocycles. The van der Waals surface area contributed by atoms with Gasteiger partial charge in [-0.3, -0.25) is 9.78 Å². The highest BCUT2D eigenvalue weighted by Crippen LogP contribution is 2.12. The molecule has 2 rings (SSSR count). The van der Waals surface area contributed by atoms with Crippen molar-refractivity contribution < 1.29 is 19.4 Å². The Morgan fingerprint density at radius 2 is 2.12 bits per heavy atom. The van der Waals surface area contributed by atoms with Crippen molar-refractivity contribution in [3.05, 3.63) is 30.1 Å². The minimum atomic E-state index is -1.05. The smallest absolute Gasteiger partial charge is 0.328 e. The van der Waals surface area contributed by atoms with Crippen LogP contribution < -0.4 is 0 Å². The second kappa shape index (κ2) is 4.92. The number of morpholine rings is 1. The summed E-state index contributed by atoms with van der Waals surface area (Å²) in [6, 6.07) is 2.22. The molecule has 0 aliphatic carbocycles. The number of rotatable bonds is 2. The van der Waals surface area contributed by atoms with Gasteiger partial charge in [0.2, 0.25) is 0 Å². The number of hydrogen-bond acceptors (Lipinski definition) is 4. The number of ether oxygens (including phenoxy) is 1. The summed E-state index contributed by atoms with van der Waals surface area (Å²) in [5.41, 5.74) is 0.438. The zero-order chi connectivity index (χ0) is 12.3. The van der Waals surface area contributed by atoms with Crippen molar-refractivity contribution in [2.24, 2.45) is 0 Å². The summed E-state index contributed by atoms with van der Waals surface area (Å²) in [7, 11) is 0. The molecule has 90 valence electrons. The van der Waals surface area contributed by atoms with Crippen LogP contribution in [0, 0.1) is 0 Å². The van der Waals surface area contributed by atoms with Gasteiger partial charge in [-0.15, -0.1) is 0 Å². The molecule has 1 aromatic heterocycles. The Hall–Kier alpha value is -1.95. The Morgan fingerprint density at radius 1 is 1.41 bits per heavy atom. The van der Waals surface area contributed by atoms with E-state index >= 15 is 0 Å². The number of carbonyl (C=O) groups is 2.